The SMILES string of the molecule is Nc1ncc(Cl)cc1S(=O)(=O)N1C[C@H]2CC[C@H]1c1ccccc12. The van der Waals surface area contributed by atoms with E-state index in [4.69, 9.17) is 17.3 Å². The Balaban J connectivity index is 1.82. The number of hydrogen-bond acceptors (Lipinski definition) is 4. The summed E-state index contributed by atoms with van der Waals surface area (Å²) in [6, 6.07) is 9.34. The third kappa shape index (κ3) is 2.24. The summed E-state index contributed by atoms with van der Waals surface area (Å²) < 4.78 is 27.8. The van der Waals surface area contributed by atoms with Crippen LogP contribution in [0, 0.1) is 0 Å². The van der Waals surface area contributed by atoms with Gasteiger partial charge in [-0.2, -0.15) is 4.31 Å². The zero-order chi connectivity index (χ0) is 16.2. The third-order valence-corrected chi connectivity index (χ3v) is 6.88. The molecule has 3 heterocycles. The van der Waals surface area contributed by atoms with Gasteiger partial charge in [0.2, 0.25) is 10.0 Å². The number of pyridine rings is 1. The second-order valence-electron chi connectivity index (χ2n) is 6.03. The van der Waals surface area contributed by atoms with Crippen LogP contribution in [0.3, 0.4) is 0 Å². The summed E-state index contributed by atoms with van der Waals surface area (Å²) in [4.78, 5) is 3.88. The fourth-order valence-corrected chi connectivity index (χ4v) is 5.72. The Bertz CT molecular complexity index is 885. The molecule has 2 atom stereocenters. The molecule has 5 rings (SSSR count). The minimum atomic E-state index is -3.73. The van der Waals surface area contributed by atoms with Crippen LogP contribution in [0.5, 0.6) is 0 Å². The number of nitrogens with two attached hydrogens (primary N) is 1. The molecular weight excluding hydrogens is 334 g/mol. The zero-order valence-corrected chi connectivity index (χ0v) is 13.9. The van der Waals surface area contributed by atoms with Crippen molar-refractivity contribution in [2.75, 3.05) is 12.3 Å². The molecule has 0 radical (unpaired) electrons. The highest BCUT2D eigenvalue weighted by atomic mass is 35.5. The van der Waals surface area contributed by atoms with Crippen molar-refractivity contribution in [1.82, 2.24) is 9.29 Å². The molecule has 23 heavy (non-hydrogen) atoms. The molecule has 2 N–H and O–H groups in total. The monoisotopic (exact) mass is 349 g/mol. The number of halogens is 1. The molecule has 2 aliphatic heterocycles. The number of hydrogen-bond donors (Lipinski definition) is 1. The van der Waals surface area contributed by atoms with Crippen molar-refractivity contribution >= 4 is 27.4 Å². The van der Waals surface area contributed by atoms with E-state index in [9.17, 15) is 8.42 Å². The van der Waals surface area contributed by atoms with Crippen LogP contribution in [0.4, 0.5) is 5.82 Å². The maximum atomic E-state index is 13.1. The molecule has 1 aromatic carbocycles. The number of rotatable bonds is 2. The Kier molecular flexibility index (Phi) is 3.37. The standard InChI is InChI=1S/C16H16ClN3O2S/c17-11-7-15(16(18)19-8-11)23(21,22)20-9-10-5-6-14(20)13-4-2-1-3-12(10)13/h1-4,7-8,10,14H,5-6,9H2,(H2,18,19)/t10-,14+/m1/s1. The van der Waals surface area contributed by atoms with Crippen molar-refractivity contribution in [3.63, 3.8) is 0 Å². The highest BCUT2D eigenvalue weighted by Gasteiger charge is 2.44. The van der Waals surface area contributed by atoms with Gasteiger partial charge in [-0.1, -0.05) is 35.9 Å². The zero-order valence-electron chi connectivity index (χ0n) is 12.3. The molecule has 1 fully saturated rings. The number of nitrogen functional groups attached to an aromatic ring is 1. The number of anilines is 1. The van der Waals surface area contributed by atoms with E-state index in [2.05, 4.69) is 11.1 Å². The number of aromatic nitrogens is 1. The highest BCUT2D eigenvalue weighted by Crippen LogP contribution is 2.48. The van der Waals surface area contributed by atoms with E-state index in [1.165, 1.54) is 17.8 Å². The van der Waals surface area contributed by atoms with Crippen molar-refractivity contribution in [2.45, 2.75) is 29.7 Å². The molecule has 120 valence electrons. The first kappa shape index (κ1) is 14.9. The number of piperidine rings is 1. The fourth-order valence-electron chi connectivity index (χ4n) is 3.72. The van der Waals surface area contributed by atoms with Crippen molar-refractivity contribution in [1.29, 1.82) is 0 Å². The lowest BCUT2D eigenvalue weighted by Crippen LogP contribution is -2.45. The number of nitrogens with zero attached hydrogens (tertiary/aromatic N) is 2. The van der Waals surface area contributed by atoms with Gasteiger partial charge in [0, 0.05) is 12.7 Å². The second kappa shape index (κ2) is 5.19. The summed E-state index contributed by atoms with van der Waals surface area (Å²) >= 11 is 5.92. The van der Waals surface area contributed by atoms with E-state index in [-0.39, 0.29) is 27.7 Å². The van der Waals surface area contributed by atoms with Gasteiger partial charge in [0.1, 0.15) is 10.7 Å². The molecule has 1 aromatic heterocycles. The number of benzene rings is 1. The lowest BCUT2D eigenvalue weighted by Gasteiger charge is -2.45. The summed E-state index contributed by atoms with van der Waals surface area (Å²) in [5, 5.41) is 0.264. The van der Waals surface area contributed by atoms with Crippen LogP contribution in [0.1, 0.15) is 35.9 Å². The first-order valence-electron chi connectivity index (χ1n) is 7.50. The highest BCUT2D eigenvalue weighted by molar-refractivity contribution is 7.89. The summed E-state index contributed by atoms with van der Waals surface area (Å²) in [7, 11) is -3.73. The van der Waals surface area contributed by atoms with E-state index >= 15 is 0 Å². The minimum Gasteiger partial charge on any atom is -0.383 e. The van der Waals surface area contributed by atoms with Crippen LogP contribution < -0.4 is 5.73 Å². The molecule has 5 nitrogen and oxygen atoms in total. The third-order valence-electron chi connectivity index (χ3n) is 4.77. The summed E-state index contributed by atoms with van der Waals surface area (Å²) in [5.41, 5.74) is 8.17. The minimum absolute atomic E-state index is 0.00460. The Hall–Kier alpha value is -1.63. The Labute approximate surface area is 140 Å². The van der Waals surface area contributed by atoms with Gasteiger partial charge in [0.25, 0.3) is 0 Å². The fraction of sp³-hybridized carbons (Fsp3) is 0.312. The van der Waals surface area contributed by atoms with E-state index in [1.54, 1.807) is 4.31 Å². The van der Waals surface area contributed by atoms with Gasteiger partial charge in [-0.25, -0.2) is 13.4 Å². The van der Waals surface area contributed by atoms with E-state index in [1.807, 2.05) is 18.2 Å². The lowest BCUT2D eigenvalue weighted by molar-refractivity contribution is 0.207. The van der Waals surface area contributed by atoms with E-state index < -0.39 is 10.0 Å². The van der Waals surface area contributed by atoms with Crippen LogP contribution in [0.2, 0.25) is 5.02 Å². The quantitative estimate of drug-likeness (QED) is 0.904. The van der Waals surface area contributed by atoms with Gasteiger partial charge in [-0.3, -0.25) is 0 Å². The smallest absolute Gasteiger partial charge is 0.247 e. The van der Waals surface area contributed by atoms with Crippen LogP contribution >= 0.6 is 11.6 Å². The van der Waals surface area contributed by atoms with Gasteiger partial charge in [0.05, 0.1) is 11.1 Å². The van der Waals surface area contributed by atoms with Gasteiger partial charge in [-0.05, 0) is 36.0 Å². The molecular formula is C16H16ClN3O2S. The van der Waals surface area contributed by atoms with E-state index in [0.717, 1.165) is 18.4 Å². The first-order valence-corrected chi connectivity index (χ1v) is 9.32. The molecule has 2 bridgehead atoms. The Morgan fingerprint density at radius 1 is 1.22 bits per heavy atom. The van der Waals surface area contributed by atoms with Crippen LogP contribution in [0.15, 0.2) is 41.4 Å². The molecule has 7 heteroatoms. The van der Waals surface area contributed by atoms with Crippen molar-refractivity contribution in [3.05, 3.63) is 52.7 Å². The van der Waals surface area contributed by atoms with Gasteiger partial charge >= 0.3 is 0 Å². The van der Waals surface area contributed by atoms with Gasteiger partial charge in [-0.15, -0.1) is 0 Å². The average molecular weight is 350 g/mol. The normalized spacial score (nSPS) is 23.7. The van der Waals surface area contributed by atoms with Crippen molar-refractivity contribution in [2.24, 2.45) is 0 Å². The molecule has 3 aliphatic rings. The Morgan fingerprint density at radius 2 is 1.96 bits per heavy atom. The molecule has 0 amide bonds. The molecule has 1 aliphatic carbocycles. The maximum Gasteiger partial charge on any atom is 0.247 e. The van der Waals surface area contributed by atoms with Crippen molar-refractivity contribution in [3.8, 4) is 0 Å². The predicted octanol–water partition coefficient (Wildman–Crippen LogP) is 2.94. The predicted molar refractivity (Wildman–Crippen MR) is 88.7 cm³/mol. The van der Waals surface area contributed by atoms with E-state index in [0.29, 0.717) is 6.54 Å². The van der Waals surface area contributed by atoms with Crippen LogP contribution in [-0.4, -0.2) is 24.3 Å². The summed E-state index contributed by atoms with van der Waals surface area (Å²) in [6.45, 7) is 0.482. The van der Waals surface area contributed by atoms with Gasteiger partial charge in [0.15, 0.2) is 0 Å². The van der Waals surface area contributed by atoms with Crippen LogP contribution in [0.25, 0.3) is 0 Å². The molecule has 2 aromatic rings. The Morgan fingerprint density at radius 3 is 2.74 bits per heavy atom. The summed E-state index contributed by atoms with van der Waals surface area (Å²) in [6.07, 6.45) is 3.19. The number of sulfonamides is 1. The second-order valence-corrected chi connectivity index (χ2v) is 8.33. The molecule has 0 unspecified atom stereocenters. The van der Waals surface area contributed by atoms with Gasteiger partial charge < -0.3 is 5.73 Å². The largest absolute Gasteiger partial charge is 0.383 e. The average Bonchev–Trinajstić information content (AvgIpc) is 2.57. The first-order chi connectivity index (χ1) is 11.0. The molecule has 0 saturated carbocycles. The van der Waals surface area contributed by atoms with Crippen LogP contribution in [-0.2, 0) is 10.0 Å². The topological polar surface area (TPSA) is 76.3 Å². The lowest BCUT2D eigenvalue weighted by atomic mass is 9.76. The number of fused-ring (bicyclic) bond motifs is 2. The molecule has 1 saturated heterocycles. The maximum absolute atomic E-state index is 13.1. The van der Waals surface area contributed by atoms with Crippen molar-refractivity contribution < 1.29 is 8.42 Å². The molecule has 0 spiro atoms. The summed E-state index contributed by atoms with van der Waals surface area (Å²) in [5.74, 6) is 0.225.